The number of nitrogens with one attached hydrogen (secondary N) is 1. The molecule has 2 saturated carbocycles. The van der Waals surface area contributed by atoms with Crippen molar-refractivity contribution < 1.29 is 52.3 Å². The molecular formula is C44H58FN3O10. The Labute approximate surface area is 339 Å². The summed E-state index contributed by atoms with van der Waals surface area (Å²) in [7, 11) is 3.89. The van der Waals surface area contributed by atoms with Crippen molar-refractivity contribution >= 4 is 18.0 Å². The van der Waals surface area contributed by atoms with Crippen LogP contribution in [0.3, 0.4) is 0 Å². The number of carbonyl (C=O) groups excluding carboxylic acids is 3. The van der Waals surface area contributed by atoms with Crippen molar-refractivity contribution in [2.75, 3.05) is 27.2 Å². The topological polar surface area (TPSA) is 155 Å². The minimum absolute atomic E-state index is 0.0631. The first-order valence-electron chi connectivity index (χ1n) is 20.3. The minimum Gasteiger partial charge on any atom is -0.458 e. The molecule has 2 aromatic rings. The summed E-state index contributed by atoms with van der Waals surface area (Å²) in [6.07, 6.45) is -2.66. The summed E-state index contributed by atoms with van der Waals surface area (Å²) in [5, 5.41) is 16.2. The van der Waals surface area contributed by atoms with E-state index in [1.54, 1.807) is 45.0 Å². The van der Waals surface area contributed by atoms with Crippen molar-refractivity contribution in [3.05, 3.63) is 76.9 Å². The lowest BCUT2D eigenvalue weighted by atomic mass is 9.46. The molecule has 5 aliphatic rings. The summed E-state index contributed by atoms with van der Waals surface area (Å²) < 4.78 is 53.5. The Kier molecular flexibility index (Phi) is 11.3. The smallest absolute Gasteiger partial charge is 0.408 e. The number of hydrogen-bond donors (Lipinski definition) is 2. The molecule has 4 fully saturated rings. The number of amides is 1. The molecule has 2 saturated heterocycles. The fourth-order valence-corrected chi connectivity index (χ4v) is 10.3. The molecule has 11 atom stereocenters. The van der Waals surface area contributed by atoms with E-state index < -0.39 is 95.0 Å². The molecule has 3 heterocycles. The molecule has 3 aliphatic carbocycles. The SMILES string of the molecule is CC1=C2[C@H]3O[C@@H](CN(C)C)O[C@H]3[C@]3(C)CC[C@H]4OC[C@H]4C3[C@H](OC(=O)c3ccccc3)[C@](O)(C[C@@H]1OC(=O)C[C@@H](NC(=O)OC(C)(C)C)c1ncccc1F)C2(C)C. The predicted octanol–water partition coefficient (Wildman–Crippen LogP) is 5.91. The van der Waals surface area contributed by atoms with E-state index in [4.69, 9.17) is 28.4 Å². The van der Waals surface area contributed by atoms with E-state index >= 15 is 4.39 Å². The number of rotatable bonds is 9. The quantitative estimate of drug-likeness (QED) is 0.176. The molecule has 1 unspecified atom stereocenters. The van der Waals surface area contributed by atoms with E-state index in [0.29, 0.717) is 36.3 Å². The number of likely N-dealkylation sites (N-methyl/N-ethyl adjacent to an activating group) is 1. The lowest BCUT2D eigenvalue weighted by molar-refractivity contribution is -0.276. The summed E-state index contributed by atoms with van der Waals surface area (Å²) in [4.78, 5) is 47.4. The average molecular weight is 808 g/mol. The molecule has 2 aliphatic heterocycles. The zero-order chi connectivity index (χ0) is 41.9. The van der Waals surface area contributed by atoms with Gasteiger partial charge >= 0.3 is 18.0 Å². The van der Waals surface area contributed by atoms with Crippen LogP contribution in [0.4, 0.5) is 9.18 Å². The van der Waals surface area contributed by atoms with Crippen molar-refractivity contribution in [3.63, 3.8) is 0 Å². The lowest BCUT2D eigenvalue weighted by Crippen LogP contribution is -2.73. The third-order valence-electron chi connectivity index (χ3n) is 13.1. The summed E-state index contributed by atoms with van der Waals surface area (Å²) in [6, 6.07) is 10.0. The fourth-order valence-electron chi connectivity index (χ4n) is 10.3. The van der Waals surface area contributed by atoms with Gasteiger partial charge in [-0.05, 0) is 90.0 Å². The first-order chi connectivity index (χ1) is 27.2. The van der Waals surface area contributed by atoms with Gasteiger partial charge in [-0.15, -0.1) is 0 Å². The van der Waals surface area contributed by atoms with Crippen LogP contribution in [0.5, 0.6) is 0 Å². The van der Waals surface area contributed by atoms with Gasteiger partial charge in [-0.25, -0.2) is 14.0 Å². The van der Waals surface area contributed by atoms with Gasteiger partial charge in [0.05, 0.1) is 42.5 Å². The Bertz CT molecular complexity index is 1920. The van der Waals surface area contributed by atoms with Crippen LogP contribution in [0.15, 0.2) is 59.8 Å². The number of pyridine rings is 1. The maximum atomic E-state index is 15.2. The number of nitrogens with zero attached hydrogens (tertiary/aromatic N) is 2. The van der Waals surface area contributed by atoms with Gasteiger partial charge in [-0.1, -0.05) is 39.0 Å². The normalized spacial score (nSPS) is 34.3. The van der Waals surface area contributed by atoms with E-state index in [2.05, 4.69) is 17.2 Å². The molecule has 1 aromatic carbocycles. The third kappa shape index (κ3) is 7.66. The second kappa shape index (κ2) is 15.6. The number of fused-ring (bicyclic) bond motifs is 8. The van der Waals surface area contributed by atoms with Crippen LogP contribution in [-0.4, -0.2) is 108 Å². The summed E-state index contributed by atoms with van der Waals surface area (Å²) in [6.45, 7) is 13.9. The number of halogens is 1. The Balaban J connectivity index is 1.31. The van der Waals surface area contributed by atoms with Crippen LogP contribution < -0.4 is 5.32 Å². The predicted molar refractivity (Wildman–Crippen MR) is 209 cm³/mol. The molecule has 58 heavy (non-hydrogen) atoms. The lowest BCUT2D eigenvalue weighted by Gasteiger charge is -2.65. The highest BCUT2D eigenvalue weighted by Crippen LogP contribution is 2.65. The largest absolute Gasteiger partial charge is 0.458 e. The molecule has 2 bridgehead atoms. The Morgan fingerprint density at radius 2 is 1.79 bits per heavy atom. The molecular weight excluding hydrogens is 749 g/mol. The summed E-state index contributed by atoms with van der Waals surface area (Å²) >= 11 is 0. The monoisotopic (exact) mass is 807 g/mol. The third-order valence-corrected chi connectivity index (χ3v) is 13.1. The van der Waals surface area contributed by atoms with Gasteiger partial charge in [0, 0.05) is 41.8 Å². The van der Waals surface area contributed by atoms with Crippen LogP contribution in [0.1, 0.15) is 96.2 Å². The molecule has 1 amide bonds. The van der Waals surface area contributed by atoms with Gasteiger partial charge in [0.25, 0.3) is 0 Å². The average Bonchev–Trinajstić information content (AvgIpc) is 3.52. The Hall–Kier alpha value is -3.95. The summed E-state index contributed by atoms with van der Waals surface area (Å²) in [5.74, 6) is -2.59. The second-order valence-corrected chi connectivity index (χ2v) is 18.7. The van der Waals surface area contributed by atoms with Crippen molar-refractivity contribution in [3.8, 4) is 0 Å². The Morgan fingerprint density at radius 1 is 1.07 bits per heavy atom. The first-order valence-corrected chi connectivity index (χ1v) is 20.3. The standard InChI is InChI=1S/C44H58FN3O10/c1-24-30(54-31(49)20-28(35-27(45)16-13-19-46-35)47-40(51)58-41(2,3)4)21-44(52)37(57-39(50)25-14-11-10-12-15-25)34-26-23-53-29(26)17-18-43(34,7)38-36(33(24)42(44,5)6)55-32(56-38)22-48(8)9/h10-16,19,26,28-30,32,34,36-38,52H,17-18,20-23H2,1-9H3,(H,47,51)/t26-,28-,29-,30+,32-,34?,36-,37+,38-,43-,44-/m1/s1. The maximum Gasteiger partial charge on any atom is 0.408 e. The first kappa shape index (κ1) is 42.2. The Morgan fingerprint density at radius 3 is 2.43 bits per heavy atom. The van der Waals surface area contributed by atoms with E-state index in [9.17, 15) is 19.5 Å². The molecule has 13 nitrogen and oxygen atoms in total. The highest BCUT2D eigenvalue weighted by molar-refractivity contribution is 5.89. The number of alkyl carbamates (subject to hydrolysis) is 1. The van der Waals surface area contributed by atoms with Gasteiger partial charge in [0.15, 0.2) is 6.29 Å². The van der Waals surface area contributed by atoms with Crippen molar-refractivity contribution in [2.45, 2.75) is 128 Å². The van der Waals surface area contributed by atoms with Crippen LogP contribution in [0.2, 0.25) is 0 Å². The number of esters is 2. The second-order valence-electron chi connectivity index (χ2n) is 18.7. The van der Waals surface area contributed by atoms with Gasteiger partial charge in [0.1, 0.15) is 35.3 Å². The van der Waals surface area contributed by atoms with Gasteiger partial charge in [-0.3, -0.25) is 9.78 Å². The van der Waals surface area contributed by atoms with Crippen molar-refractivity contribution in [2.24, 2.45) is 22.7 Å². The van der Waals surface area contributed by atoms with Crippen LogP contribution in [0.25, 0.3) is 0 Å². The number of benzene rings is 1. The highest BCUT2D eigenvalue weighted by Gasteiger charge is 2.72. The van der Waals surface area contributed by atoms with Gasteiger partial charge in [-0.2, -0.15) is 0 Å². The molecule has 316 valence electrons. The molecule has 1 aromatic heterocycles. The number of aromatic nitrogens is 1. The van der Waals surface area contributed by atoms with Gasteiger partial charge < -0.3 is 43.7 Å². The highest BCUT2D eigenvalue weighted by atomic mass is 19.1. The molecule has 14 heteroatoms. The minimum atomic E-state index is -1.81. The van der Waals surface area contributed by atoms with E-state index in [0.717, 1.165) is 6.42 Å². The van der Waals surface area contributed by atoms with Gasteiger partial charge in [0.2, 0.25) is 0 Å². The molecule has 0 radical (unpaired) electrons. The zero-order valence-electron chi connectivity index (χ0n) is 35.0. The molecule has 0 spiro atoms. The zero-order valence-corrected chi connectivity index (χ0v) is 35.0. The number of carbonyl (C=O) groups is 3. The number of ether oxygens (including phenoxy) is 6. The maximum absolute atomic E-state index is 15.2. The van der Waals surface area contributed by atoms with Crippen molar-refractivity contribution in [1.82, 2.24) is 15.2 Å². The number of aliphatic hydroxyl groups is 1. The van der Waals surface area contributed by atoms with E-state index in [-0.39, 0.29) is 24.1 Å². The van der Waals surface area contributed by atoms with Crippen LogP contribution >= 0.6 is 0 Å². The van der Waals surface area contributed by atoms with Crippen LogP contribution in [0, 0.1) is 28.5 Å². The molecule has 7 rings (SSSR count). The number of hydrogen-bond acceptors (Lipinski definition) is 12. The van der Waals surface area contributed by atoms with Crippen LogP contribution in [-0.2, 0) is 33.2 Å². The van der Waals surface area contributed by atoms with E-state index in [1.807, 2.05) is 45.8 Å². The van der Waals surface area contributed by atoms with Crippen molar-refractivity contribution in [1.29, 1.82) is 0 Å². The fraction of sp³-hybridized carbons (Fsp3) is 0.636. The summed E-state index contributed by atoms with van der Waals surface area (Å²) in [5.41, 5.74) is -2.86. The van der Waals surface area contributed by atoms with E-state index in [1.165, 1.54) is 18.3 Å². The molecule has 2 N–H and O–H groups in total.